The van der Waals surface area contributed by atoms with Crippen LogP contribution in [0, 0.1) is 6.92 Å². The molecule has 1 saturated heterocycles. The molecule has 0 aliphatic carbocycles. The van der Waals surface area contributed by atoms with Gasteiger partial charge in [0.25, 0.3) is 5.91 Å². The van der Waals surface area contributed by atoms with Crippen LogP contribution in [0.3, 0.4) is 0 Å². The van der Waals surface area contributed by atoms with Crippen molar-refractivity contribution in [3.63, 3.8) is 0 Å². The number of likely N-dealkylation sites (tertiary alicyclic amines) is 1. The molecule has 0 N–H and O–H groups in total. The molecule has 1 aliphatic rings. The van der Waals surface area contributed by atoms with Crippen LogP contribution in [-0.4, -0.2) is 45.7 Å². The highest BCUT2D eigenvalue weighted by atomic mass is 32.1. The highest BCUT2D eigenvalue weighted by molar-refractivity contribution is 7.09. The number of nitrogens with zero attached hydrogens (tertiary/aromatic N) is 3. The minimum atomic E-state index is -4.28. The summed E-state index contributed by atoms with van der Waals surface area (Å²) in [6.45, 7) is 1.96. The van der Waals surface area contributed by atoms with E-state index in [1.54, 1.807) is 34.5 Å². The van der Waals surface area contributed by atoms with Crippen molar-refractivity contribution in [2.24, 2.45) is 0 Å². The number of carbonyl (C=O) groups excluding carboxylic acids is 1. The summed E-state index contributed by atoms with van der Waals surface area (Å²) in [6, 6.07) is 6.79. The lowest BCUT2D eigenvalue weighted by atomic mass is 10.1. The molecule has 3 heterocycles. The molecular weight excluding hydrogens is 403 g/mol. The maximum absolute atomic E-state index is 12.8. The number of hydrogen-bond acceptors (Lipinski definition) is 4. The largest absolute Gasteiger partial charge is 0.490 e. The average Bonchev–Trinajstić information content (AvgIpc) is 3.28. The van der Waals surface area contributed by atoms with Crippen molar-refractivity contribution in [1.82, 2.24) is 14.5 Å². The molecule has 4 rings (SSSR count). The van der Waals surface area contributed by atoms with E-state index < -0.39 is 12.7 Å². The topological polar surface area (TPSA) is 47.4 Å². The zero-order valence-electron chi connectivity index (χ0n) is 15.8. The number of thiazole rings is 1. The van der Waals surface area contributed by atoms with Gasteiger partial charge >= 0.3 is 6.18 Å². The number of piperidine rings is 1. The summed E-state index contributed by atoms with van der Waals surface area (Å²) in [7, 11) is 0. The monoisotopic (exact) mass is 423 g/mol. The standard InChI is InChI=1S/C20H20F3N3O2S/c1-13-24-16(11-29-13)19(27)25-8-5-14(6-9-25)28-18-4-2-3-17-15(18)7-10-26(17)12-20(21,22)23/h2-4,7,10-11,14H,5-6,8-9,12H2,1H3. The second-order valence-electron chi connectivity index (χ2n) is 7.11. The Kier molecular flexibility index (Phi) is 5.24. The van der Waals surface area contributed by atoms with Crippen molar-refractivity contribution < 1.29 is 22.7 Å². The fraction of sp³-hybridized carbons (Fsp3) is 0.400. The van der Waals surface area contributed by atoms with Gasteiger partial charge in [0.05, 0.1) is 10.5 Å². The highest BCUT2D eigenvalue weighted by Gasteiger charge is 2.29. The SMILES string of the molecule is Cc1nc(C(=O)N2CCC(Oc3cccc4c3ccn4CC(F)(F)F)CC2)cs1. The summed E-state index contributed by atoms with van der Waals surface area (Å²) in [5, 5.41) is 3.29. The zero-order chi connectivity index (χ0) is 20.6. The van der Waals surface area contributed by atoms with Crippen molar-refractivity contribution in [3.8, 4) is 5.75 Å². The van der Waals surface area contributed by atoms with Gasteiger partial charge in [0.2, 0.25) is 0 Å². The van der Waals surface area contributed by atoms with Gasteiger partial charge < -0.3 is 14.2 Å². The Balaban J connectivity index is 1.42. The number of aromatic nitrogens is 2. The predicted octanol–water partition coefficient (Wildman–Crippen LogP) is 4.65. The van der Waals surface area contributed by atoms with Crippen molar-refractivity contribution in [1.29, 1.82) is 0 Å². The lowest BCUT2D eigenvalue weighted by Gasteiger charge is -2.32. The maximum Gasteiger partial charge on any atom is 0.406 e. The summed E-state index contributed by atoms with van der Waals surface area (Å²) >= 11 is 1.45. The number of halogens is 3. The molecule has 1 aromatic carbocycles. The molecule has 3 aromatic rings. The first-order chi connectivity index (χ1) is 13.8. The zero-order valence-corrected chi connectivity index (χ0v) is 16.6. The van der Waals surface area contributed by atoms with Gasteiger partial charge in [0.15, 0.2) is 0 Å². The van der Waals surface area contributed by atoms with Gasteiger partial charge in [-0.25, -0.2) is 4.98 Å². The molecule has 5 nitrogen and oxygen atoms in total. The number of carbonyl (C=O) groups is 1. The van der Waals surface area contributed by atoms with Gasteiger partial charge in [-0.2, -0.15) is 13.2 Å². The third-order valence-corrected chi connectivity index (χ3v) is 5.76. The van der Waals surface area contributed by atoms with Crippen LogP contribution in [-0.2, 0) is 6.54 Å². The molecule has 1 aliphatic heterocycles. The first-order valence-corrected chi connectivity index (χ1v) is 10.2. The van der Waals surface area contributed by atoms with Gasteiger partial charge in [-0.05, 0) is 25.1 Å². The molecule has 0 unspecified atom stereocenters. The van der Waals surface area contributed by atoms with Crippen molar-refractivity contribution in [3.05, 3.63) is 46.5 Å². The van der Waals surface area contributed by atoms with Crippen LogP contribution < -0.4 is 4.74 Å². The quantitative estimate of drug-likeness (QED) is 0.614. The van der Waals surface area contributed by atoms with E-state index in [2.05, 4.69) is 4.98 Å². The van der Waals surface area contributed by atoms with Crippen molar-refractivity contribution in [2.45, 2.75) is 38.6 Å². The van der Waals surface area contributed by atoms with E-state index in [1.165, 1.54) is 22.1 Å². The summed E-state index contributed by atoms with van der Waals surface area (Å²) in [4.78, 5) is 18.5. The molecule has 0 spiro atoms. The smallest absolute Gasteiger partial charge is 0.406 e. The molecule has 29 heavy (non-hydrogen) atoms. The number of amides is 1. The number of fused-ring (bicyclic) bond motifs is 1. The summed E-state index contributed by atoms with van der Waals surface area (Å²) in [5.41, 5.74) is 0.967. The minimum absolute atomic E-state index is 0.0703. The van der Waals surface area contributed by atoms with Crippen molar-refractivity contribution in [2.75, 3.05) is 13.1 Å². The number of alkyl halides is 3. The van der Waals surface area contributed by atoms with Crippen LogP contribution in [0.1, 0.15) is 28.3 Å². The Morgan fingerprint density at radius 2 is 2.03 bits per heavy atom. The fourth-order valence-electron chi connectivity index (χ4n) is 3.61. The predicted molar refractivity (Wildman–Crippen MR) is 104 cm³/mol. The fourth-order valence-corrected chi connectivity index (χ4v) is 4.20. The van der Waals surface area contributed by atoms with E-state index in [4.69, 9.17) is 4.74 Å². The third-order valence-electron chi connectivity index (χ3n) is 4.98. The Bertz CT molecular complexity index is 1020. The number of benzene rings is 1. The maximum atomic E-state index is 12.8. The van der Waals surface area contributed by atoms with Crippen molar-refractivity contribution >= 4 is 28.1 Å². The van der Waals surface area contributed by atoms with E-state index in [0.29, 0.717) is 48.3 Å². The molecular formula is C20H20F3N3O2S. The van der Waals surface area contributed by atoms with E-state index in [0.717, 1.165) is 5.01 Å². The molecule has 1 amide bonds. The second-order valence-corrected chi connectivity index (χ2v) is 8.17. The van der Waals surface area contributed by atoms with Crippen LogP contribution in [0.25, 0.3) is 10.9 Å². The van der Waals surface area contributed by atoms with Crippen LogP contribution in [0.15, 0.2) is 35.8 Å². The summed E-state index contributed by atoms with van der Waals surface area (Å²) in [6.07, 6.45) is -1.61. The number of hydrogen-bond donors (Lipinski definition) is 0. The molecule has 154 valence electrons. The van der Waals surface area contributed by atoms with E-state index >= 15 is 0 Å². The summed E-state index contributed by atoms with van der Waals surface area (Å²) in [5.74, 6) is 0.502. The molecule has 0 bridgehead atoms. The average molecular weight is 423 g/mol. The Morgan fingerprint density at radius 3 is 2.69 bits per heavy atom. The second kappa shape index (κ2) is 7.70. The van der Waals surface area contributed by atoms with E-state index in [-0.39, 0.29) is 12.0 Å². The Hall–Kier alpha value is -2.55. The molecule has 0 saturated carbocycles. The summed E-state index contributed by atoms with van der Waals surface area (Å²) < 4.78 is 45.6. The molecule has 0 atom stereocenters. The lowest BCUT2D eigenvalue weighted by molar-refractivity contribution is -0.139. The van der Waals surface area contributed by atoms with Gasteiger partial charge in [-0.3, -0.25) is 4.79 Å². The Morgan fingerprint density at radius 1 is 1.28 bits per heavy atom. The number of rotatable bonds is 4. The van der Waals surface area contributed by atoms with Gasteiger partial charge in [0, 0.05) is 42.9 Å². The third kappa shape index (κ3) is 4.39. The van der Waals surface area contributed by atoms with Gasteiger partial charge in [-0.15, -0.1) is 11.3 Å². The van der Waals surface area contributed by atoms with E-state index in [9.17, 15) is 18.0 Å². The first kappa shape index (κ1) is 19.8. The highest BCUT2D eigenvalue weighted by Crippen LogP contribution is 2.31. The normalized spacial score (nSPS) is 15.8. The van der Waals surface area contributed by atoms with Gasteiger partial charge in [-0.1, -0.05) is 6.07 Å². The van der Waals surface area contributed by atoms with E-state index in [1.807, 2.05) is 6.92 Å². The van der Waals surface area contributed by atoms with Crippen LogP contribution in [0.4, 0.5) is 13.2 Å². The van der Waals surface area contributed by atoms with Crippen LogP contribution in [0.5, 0.6) is 5.75 Å². The van der Waals surface area contributed by atoms with Crippen LogP contribution >= 0.6 is 11.3 Å². The first-order valence-electron chi connectivity index (χ1n) is 9.33. The Labute approximate surface area is 169 Å². The minimum Gasteiger partial charge on any atom is -0.490 e. The molecule has 2 aromatic heterocycles. The lowest BCUT2D eigenvalue weighted by Crippen LogP contribution is -2.41. The number of aryl methyl sites for hydroxylation is 1. The molecule has 1 fully saturated rings. The van der Waals surface area contributed by atoms with Gasteiger partial charge in [0.1, 0.15) is 24.1 Å². The molecule has 0 radical (unpaired) electrons. The number of ether oxygens (including phenoxy) is 1. The van der Waals surface area contributed by atoms with Crippen LogP contribution in [0.2, 0.25) is 0 Å². The molecule has 9 heteroatoms.